The standard InChI is InChI=1S/C20H25NO4/c1-13(2)10-11-25-20(24)14-8-9-16-17(12-14)19(23)21(18(16)22)15-6-4-3-5-7-15/h8-9,12-13,15H,3-7,10-11H2,1-2H3. The van der Waals surface area contributed by atoms with Crippen molar-refractivity contribution in [3.8, 4) is 0 Å². The lowest BCUT2D eigenvalue weighted by Crippen LogP contribution is -2.40. The lowest BCUT2D eigenvalue weighted by molar-refractivity contribution is 0.0487. The normalized spacial score (nSPS) is 18.0. The molecule has 1 fully saturated rings. The number of carbonyl (C=O) groups excluding carboxylic acids is 3. The fourth-order valence-corrected chi connectivity index (χ4v) is 3.53. The number of benzene rings is 1. The molecule has 0 aromatic heterocycles. The zero-order valence-electron chi connectivity index (χ0n) is 14.9. The Morgan fingerprint density at radius 2 is 1.80 bits per heavy atom. The molecule has 1 saturated carbocycles. The molecule has 1 aliphatic heterocycles. The molecule has 2 amide bonds. The largest absolute Gasteiger partial charge is 0.462 e. The first-order valence-electron chi connectivity index (χ1n) is 9.18. The van der Waals surface area contributed by atoms with Gasteiger partial charge in [0.2, 0.25) is 0 Å². The Bertz CT molecular complexity index is 689. The molecule has 1 aromatic rings. The molecule has 0 saturated heterocycles. The van der Waals surface area contributed by atoms with E-state index < -0.39 is 5.97 Å². The van der Waals surface area contributed by atoms with Crippen molar-refractivity contribution in [1.82, 2.24) is 4.90 Å². The molecule has 134 valence electrons. The predicted molar refractivity (Wildman–Crippen MR) is 93.6 cm³/mol. The van der Waals surface area contributed by atoms with Crippen molar-refractivity contribution in [2.75, 3.05) is 6.61 Å². The topological polar surface area (TPSA) is 63.7 Å². The first-order valence-corrected chi connectivity index (χ1v) is 9.18. The number of nitrogens with zero attached hydrogens (tertiary/aromatic N) is 1. The van der Waals surface area contributed by atoms with Gasteiger partial charge in [-0.2, -0.15) is 0 Å². The van der Waals surface area contributed by atoms with Gasteiger partial charge in [-0.25, -0.2) is 4.79 Å². The Labute approximate surface area is 148 Å². The Hall–Kier alpha value is -2.17. The molecule has 0 spiro atoms. The summed E-state index contributed by atoms with van der Waals surface area (Å²) in [6, 6.07) is 4.65. The zero-order chi connectivity index (χ0) is 18.0. The summed E-state index contributed by atoms with van der Waals surface area (Å²) in [6.07, 6.45) is 5.79. The molecular weight excluding hydrogens is 318 g/mol. The van der Waals surface area contributed by atoms with Crippen molar-refractivity contribution in [2.24, 2.45) is 5.92 Å². The number of fused-ring (bicyclic) bond motifs is 1. The van der Waals surface area contributed by atoms with E-state index in [0.29, 0.717) is 29.2 Å². The van der Waals surface area contributed by atoms with Crippen LogP contribution in [0.1, 0.15) is 83.4 Å². The van der Waals surface area contributed by atoms with E-state index in [9.17, 15) is 14.4 Å². The van der Waals surface area contributed by atoms with Gasteiger partial charge in [-0.3, -0.25) is 14.5 Å². The van der Waals surface area contributed by atoms with E-state index in [0.717, 1.165) is 38.5 Å². The average Bonchev–Trinajstić information content (AvgIpc) is 2.86. The molecule has 1 heterocycles. The summed E-state index contributed by atoms with van der Waals surface area (Å²) in [5.41, 5.74) is 1.05. The van der Waals surface area contributed by atoms with Crippen LogP contribution in [0, 0.1) is 5.92 Å². The number of hydrogen-bond donors (Lipinski definition) is 0. The SMILES string of the molecule is CC(C)CCOC(=O)c1ccc2c(c1)C(=O)N(C1CCCCC1)C2=O. The van der Waals surface area contributed by atoms with Crippen LogP contribution in [0.15, 0.2) is 18.2 Å². The summed E-state index contributed by atoms with van der Waals surface area (Å²) >= 11 is 0. The highest BCUT2D eigenvalue weighted by molar-refractivity contribution is 6.22. The van der Waals surface area contributed by atoms with Crippen LogP contribution in [0.3, 0.4) is 0 Å². The van der Waals surface area contributed by atoms with Crippen LogP contribution >= 0.6 is 0 Å². The molecule has 3 rings (SSSR count). The van der Waals surface area contributed by atoms with Gasteiger partial charge in [0.15, 0.2) is 0 Å². The minimum Gasteiger partial charge on any atom is -0.462 e. The molecule has 5 heteroatoms. The fourth-order valence-electron chi connectivity index (χ4n) is 3.53. The number of ether oxygens (including phenoxy) is 1. The van der Waals surface area contributed by atoms with Crippen LogP contribution in [0.4, 0.5) is 0 Å². The highest BCUT2D eigenvalue weighted by Gasteiger charge is 2.40. The summed E-state index contributed by atoms with van der Waals surface area (Å²) in [5.74, 6) is -0.494. The lowest BCUT2D eigenvalue weighted by Gasteiger charge is -2.29. The minimum atomic E-state index is -0.445. The van der Waals surface area contributed by atoms with Gasteiger partial charge < -0.3 is 4.74 Å². The highest BCUT2D eigenvalue weighted by atomic mass is 16.5. The Balaban J connectivity index is 1.75. The van der Waals surface area contributed by atoms with Crippen molar-refractivity contribution in [1.29, 1.82) is 0 Å². The predicted octanol–water partition coefficient (Wildman–Crippen LogP) is 3.82. The maximum atomic E-state index is 12.7. The third-order valence-electron chi connectivity index (χ3n) is 5.02. The first kappa shape index (κ1) is 17.6. The van der Waals surface area contributed by atoms with Crippen LogP contribution in [-0.2, 0) is 4.74 Å². The summed E-state index contributed by atoms with van der Waals surface area (Å²) < 4.78 is 5.26. The van der Waals surface area contributed by atoms with Gasteiger partial charge in [0.1, 0.15) is 0 Å². The smallest absolute Gasteiger partial charge is 0.338 e. The maximum absolute atomic E-state index is 12.7. The van der Waals surface area contributed by atoms with Crippen LogP contribution in [0.25, 0.3) is 0 Å². The average molecular weight is 343 g/mol. The highest BCUT2D eigenvalue weighted by Crippen LogP contribution is 2.31. The second-order valence-electron chi connectivity index (χ2n) is 7.35. The molecule has 0 N–H and O–H groups in total. The summed E-state index contributed by atoms with van der Waals surface area (Å²) in [6.45, 7) is 4.48. The van der Waals surface area contributed by atoms with E-state index >= 15 is 0 Å². The molecular formula is C20H25NO4. The zero-order valence-corrected chi connectivity index (χ0v) is 14.9. The van der Waals surface area contributed by atoms with Crippen LogP contribution in [0.5, 0.6) is 0 Å². The fraction of sp³-hybridized carbons (Fsp3) is 0.550. The van der Waals surface area contributed by atoms with Gasteiger partial charge in [-0.1, -0.05) is 33.1 Å². The Morgan fingerprint density at radius 3 is 2.48 bits per heavy atom. The lowest BCUT2D eigenvalue weighted by atomic mass is 9.94. The molecule has 25 heavy (non-hydrogen) atoms. The Kier molecular flexibility index (Phi) is 5.21. The van der Waals surface area contributed by atoms with Crippen molar-refractivity contribution < 1.29 is 19.1 Å². The summed E-state index contributed by atoms with van der Waals surface area (Å²) in [4.78, 5) is 38.9. The number of amides is 2. The van der Waals surface area contributed by atoms with Crippen molar-refractivity contribution in [2.45, 2.75) is 58.4 Å². The minimum absolute atomic E-state index is 0.0115. The van der Waals surface area contributed by atoms with E-state index in [1.54, 1.807) is 12.1 Å². The molecule has 0 bridgehead atoms. The van der Waals surface area contributed by atoms with Crippen molar-refractivity contribution in [3.05, 3.63) is 34.9 Å². The van der Waals surface area contributed by atoms with E-state index in [1.807, 2.05) is 0 Å². The van der Waals surface area contributed by atoms with Gasteiger partial charge >= 0.3 is 5.97 Å². The van der Waals surface area contributed by atoms with Crippen LogP contribution < -0.4 is 0 Å². The van der Waals surface area contributed by atoms with Crippen molar-refractivity contribution >= 4 is 17.8 Å². The molecule has 0 radical (unpaired) electrons. The number of hydrogen-bond acceptors (Lipinski definition) is 4. The van der Waals surface area contributed by atoms with Crippen LogP contribution in [0.2, 0.25) is 0 Å². The third-order valence-corrected chi connectivity index (χ3v) is 5.02. The van der Waals surface area contributed by atoms with Gasteiger partial charge in [-0.05, 0) is 43.4 Å². The number of esters is 1. The molecule has 0 unspecified atom stereocenters. The molecule has 2 aliphatic rings. The third kappa shape index (κ3) is 3.60. The monoisotopic (exact) mass is 343 g/mol. The maximum Gasteiger partial charge on any atom is 0.338 e. The number of imide groups is 1. The second-order valence-corrected chi connectivity index (χ2v) is 7.35. The van der Waals surface area contributed by atoms with E-state index in [4.69, 9.17) is 4.74 Å². The second kappa shape index (κ2) is 7.38. The van der Waals surface area contributed by atoms with Crippen molar-refractivity contribution in [3.63, 3.8) is 0 Å². The number of rotatable bonds is 5. The molecule has 5 nitrogen and oxygen atoms in total. The van der Waals surface area contributed by atoms with E-state index in [1.165, 1.54) is 11.0 Å². The Morgan fingerprint density at radius 1 is 1.12 bits per heavy atom. The number of carbonyl (C=O) groups is 3. The van der Waals surface area contributed by atoms with E-state index in [-0.39, 0.29) is 17.9 Å². The van der Waals surface area contributed by atoms with Gasteiger partial charge in [0, 0.05) is 6.04 Å². The molecule has 0 atom stereocenters. The molecule has 1 aromatic carbocycles. The van der Waals surface area contributed by atoms with Crippen LogP contribution in [-0.4, -0.2) is 35.3 Å². The first-order chi connectivity index (χ1) is 12.0. The summed E-state index contributed by atoms with van der Waals surface area (Å²) in [5, 5.41) is 0. The van der Waals surface area contributed by atoms with E-state index in [2.05, 4.69) is 13.8 Å². The summed E-state index contributed by atoms with van der Waals surface area (Å²) in [7, 11) is 0. The van der Waals surface area contributed by atoms with Gasteiger partial charge in [0.25, 0.3) is 11.8 Å². The quantitative estimate of drug-likeness (QED) is 0.602. The molecule has 1 aliphatic carbocycles. The van der Waals surface area contributed by atoms with Gasteiger partial charge in [-0.15, -0.1) is 0 Å². The van der Waals surface area contributed by atoms with Gasteiger partial charge in [0.05, 0.1) is 23.3 Å².